The summed E-state index contributed by atoms with van der Waals surface area (Å²) >= 11 is 0. The second kappa shape index (κ2) is 4.84. The van der Waals surface area contributed by atoms with Gasteiger partial charge in [0.2, 0.25) is 0 Å². The van der Waals surface area contributed by atoms with Gasteiger partial charge in [-0.25, -0.2) is 4.68 Å². The lowest BCUT2D eigenvalue weighted by molar-refractivity contribution is 0.0684. The van der Waals surface area contributed by atoms with Gasteiger partial charge in [0, 0.05) is 25.7 Å². The van der Waals surface area contributed by atoms with E-state index in [0.29, 0.717) is 17.8 Å². The fraction of sp³-hybridized carbons (Fsp3) is 0.786. The van der Waals surface area contributed by atoms with E-state index in [1.54, 1.807) is 0 Å². The van der Waals surface area contributed by atoms with E-state index in [4.69, 9.17) is 0 Å². The van der Waals surface area contributed by atoms with Crippen LogP contribution in [0.5, 0.6) is 0 Å². The summed E-state index contributed by atoms with van der Waals surface area (Å²) in [5.41, 5.74) is 0.517. The molecule has 3 aliphatic rings. The van der Waals surface area contributed by atoms with E-state index in [1.165, 1.54) is 19.3 Å². The Bertz CT molecular complexity index is 509. The minimum atomic E-state index is 0.0814. The summed E-state index contributed by atoms with van der Waals surface area (Å²) < 4.78 is 1.83. The molecule has 0 radical (unpaired) electrons. The molecule has 1 N–H and O–H groups in total. The molecule has 6 heteroatoms. The van der Waals surface area contributed by atoms with Crippen molar-refractivity contribution in [2.24, 2.45) is 5.92 Å². The quantitative estimate of drug-likeness (QED) is 0.868. The molecule has 1 aromatic rings. The highest BCUT2D eigenvalue weighted by Gasteiger charge is 2.39. The molecular weight excluding hydrogens is 254 g/mol. The summed E-state index contributed by atoms with van der Waals surface area (Å²) in [7, 11) is 0. The van der Waals surface area contributed by atoms with E-state index in [9.17, 15) is 4.79 Å². The number of carbonyl (C=O) groups excluding carboxylic acids is 1. The van der Waals surface area contributed by atoms with Crippen molar-refractivity contribution < 1.29 is 4.79 Å². The zero-order valence-corrected chi connectivity index (χ0v) is 11.7. The molecule has 0 bridgehead atoms. The first kappa shape index (κ1) is 12.3. The van der Waals surface area contributed by atoms with Crippen molar-refractivity contribution in [2.75, 3.05) is 19.6 Å². The fourth-order valence-electron chi connectivity index (χ4n) is 3.82. The Hall–Kier alpha value is -1.43. The van der Waals surface area contributed by atoms with E-state index >= 15 is 0 Å². The highest BCUT2D eigenvalue weighted by Crippen LogP contribution is 2.36. The van der Waals surface area contributed by atoms with Gasteiger partial charge < -0.3 is 10.2 Å². The Morgan fingerprint density at radius 1 is 1.25 bits per heavy atom. The van der Waals surface area contributed by atoms with Gasteiger partial charge in [0.15, 0.2) is 5.69 Å². The van der Waals surface area contributed by atoms with Crippen LogP contribution in [-0.4, -0.2) is 51.5 Å². The lowest BCUT2D eigenvalue weighted by Crippen LogP contribution is -2.43. The van der Waals surface area contributed by atoms with Crippen molar-refractivity contribution in [1.29, 1.82) is 0 Å². The standard InChI is InChI=1S/C14H21N5O/c20-14(12-9-19(17-16-12)11-7-15-8-11)18-6-5-10-3-1-2-4-13(10)18/h9-11,13,15H,1-8H2. The zero-order chi connectivity index (χ0) is 13.5. The largest absolute Gasteiger partial charge is 0.334 e. The molecule has 6 nitrogen and oxygen atoms in total. The van der Waals surface area contributed by atoms with Crippen molar-refractivity contribution in [2.45, 2.75) is 44.2 Å². The molecule has 2 saturated heterocycles. The number of hydrogen-bond donors (Lipinski definition) is 1. The Balaban J connectivity index is 1.50. The summed E-state index contributed by atoms with van der Waals surface area (Å²) in [5, 5.41) is 11.4. The van der Waals surface area contributed by atoms with Crippen LogP contribution in [0.1, 0.15) is 48.6 Å². The number of aromatic nitrogens is 3. The molecule has 2 unspecified atom stereocenters. The van der Waals surface area contributed by atoms with Crippen molar-refractivity contribution in [3.8, 4) is 0 Å². The van der Waals surface area contributed by atoms with Gasteiger partial charge in [-0.2, -0.15) is 0 Å². The Labute approximate surface area is 118 Å². The molecule has 108 valence electrons. The van der Waals surface area contributed by atoms with Gasteiger partial charge in [-0.3, -0.25) is 4.79 Å². The smallest absolute Gasteiger partial charge is 0.276 e. The maximum absolute atomic E-state index is 12.6. The highest BCUT2D eigenvalue weighted by molar-refractivity contribution is 5.92. The first-order chi connectivity index (χ1) is 9.83. The van der Waals surface area contributed by atoms with E-state index in [-0.39, 0.29) is 5.91 Å². The van der Waals surface area contributed by atoms with Gasteiger partial charge in [-0.1, -0.05) is 18.1 Å². The number of nitrogens with zero attached hydrogens (tertiary/aromatic N) is 4. The minimum absolute atomic E-state index is 0.0814. The van der Waals surface area contributed by atoms with Gasteiger partial charge in [0.1, 0.15) is 0 Å². The lowest BCUT2D eigenvalue weighted by atomic mass is 9.85. The maximum Gasteiger partial charge on any atom is 0.276 e. The minimum Gasteiger partial charge on any atom is -0.334 e. The number of amides is 1. The normalized spacial score (nSPS) is 30.1. The Kier molecular flexibility index (Phi) is 2.98. The van der Waals surface area contributed by atoms with E-state index < -0.39 is 0 Å². The van der Waals surface area contributed by atoms with Crippen LogP contribution in [-0.2, 0) is 0 Å². The second-order valence-electron chi connectivity index (χ2n) is 6.29. The number of nitrogens with one attached hydrogen (secondary N) is 1. The predicted molar refractivity (Wildman–Crippen MR) is 73.3 cm³/mol. The number of carbonyl (C=O) groups is 1. The number of likely N-dealkylation sites (tertiary alicyclic amines) is 1. The van der Waals surface area contributed by atoms with Crippen molar-refractivity contribution in [3.63, 3.8) is 0 Å². The molecule has 20 heavy (non-hydrogen) atoms. The van der Waals surface area contributed by atoms with Crippen molar-refractivity contribution >= 4 is 5.91 Å². The molecule has 1 saturated carbocycles. The third-order valence-electron chi connectivity index (χ3n) is 5.13. The molecule has 2 atom stereocenters. The predicted octanol–water partition coefficient (Wildman–Crippen LogP) is 0.827. The Morgan fingerprint density at radius 3 is 2.90 bits per heavy atom. The first-order valence-electron chi connectivity index (χ1n) is 7.76. The molecule has 0 aromatic carbocycles. The molecule has 4 rings (SSSR count). The number of hydrogen-bond acceptors (Lipinski definition) is 4. The SMILES string of the molecule is O=C(c1cn(C2CNC2)nn1)N1CCC2CCCCC21. The van der Waals surface area contributed by atoms with Crippen LogP contribution >= 0.6 is 0 Å². The zero-order valence-electron chi connectivity index (χ0n) is 11.7. The third-order valence-corrected chi connectivity index (χ3v) is 5.13. The summed E-state index contributed by atoms with van der Waals surface area (Å²) in [5.74, 6) is 0.802. The maximum atomic E-state index is 12.6. The van der Waals surface area contributed by atoms with Crippen molar-refractivity contribution in [3.05, 3.63) is 11.9 Å². The monoisotopic (exact) mass is 275 g/mol. The molecule has 1 amide bonds. The summed E-state index contributed by atoms with van der Waals surface area (Å²) in [6, 6.07) is 0.817. The second-order valence-corrected chi connectivity index (χ2v) is 6.29. The molecule has 2 aliphatic heterocycles. The number of fused-ring (bicyclic) bond motifs is 1. The average Bonchev–Trinajstić information content (AvgIpc) is 3.02. The van der Waals surface area contributed by atoms with E-state index in [2.05, 4.69) is 20.5 Å². The molecule has 0 spiro atoms. The fourth-order valence-corrected chi connectivity index (χ4v) is 3.82. The molecular formula is C14H21N5O. The Morgan fingerprint density at radius 2 is 2.10 bits per heavy atom. The highest BCUT2D eigenvalue weighted by atomic mass is 16.2. The van der Waals surface area contributed by atoms with E-state index in [0.717, 1.165) is 38.4 Å². The summed E-state index contributed by atoms with van der Waals surface area (Å²) in [4.78, 5) is 14.7. The molecule has 1 aromatic heterocycles. The summed E-state index contributed by atoms with van der Waals surface area (Å²) in [6.07, 6.45) is 8.02. The van der Waals surface area contributed by atoms with Gasteiger partial charge in [-0.05, 0) is 25.2 Å². The van der Waals surface area contributed by atoms with Gasteiger partial charge in [0.25, 0.3) is 5.91 Å². The van der Waals surface area contributed by atoms with Crippen LogP contribution in [0.15, 0.2) is 6.20 Å². The van der Waals surface area contributed by atoms with Crippen LogP contribution < -0.4 is 5.32 Å². The third kappa shape index (κ3) is 1.93. The van der Waals surface area contributed by atoms with Crippen LogP contribution in [0.3, 0.4) is 0 Å². The van der Waals surface area contributed by atoms with Crippen LogP contribution in [0.4, 0.5) is 0 Å². The molecule has 3 fully saturated rings. The topological polar surface area (TPSA) is 63.1 Å². The van der Waals surface area contributed by atoms with Crippen molar-refractivity contribution in [1.82, 2.24) is 25.2 Å². The first-order valence-corrected chi connectivity index (χ1v) is 7.76. The lowest BCUT2D eigenvalue weighted by Gasteiger charge is -2.31. The average molecular weight is 275 g/mol. The van der Waals surface area contributed by atoms with Crippen LogP contribution in [0.2, 0.25) is 0 Å². The van der Waals surface area contributed by atoms with Gasteiger partial charge in [0.05, 0.1) is 12.2 Å². The number of rotatable bonds is 2. The van der Waals surface area contributed by atoms with Crippen LogP contribution in [0, 0.1) is 5.92 Å². The molecule has 3 heterocycles. The van der Waals surface area contributed by atoms with Gasteiger partial charge in [-0.15, -0.1) is 5.10 Å². The summed E-state index contributed by atoms with van der Waals surface area (Å²) in [6.45, 7) is 2.74. The molecule has 1 aliphatic carbocycles. The van der Waals surface area contributed by atoms with E-state index in [1.807, 2.05) is 10.9 Å². The van der Waals surface area contributed by atoms with Crippen LogP contribution in [0.25, 0.3) is 0 Å². The van der Waals surface area contributed by atoms with Gasteiger partial charge >= 0.3 is 0 Å².